The summed E-state index contributed by atoms with van der Waals surface area (Å²) in [5, 5.41) is 0. The monoisotopic (exact) mass is 476 g/mol. The average Bonchev–Trinajstić information content (AvgIpc) is 2.90. The van der Waals surface area contributed by atoms with E-state index >= 15 is 0 Å². The van der Waals surface area contributed by atoms with Gasteiger partial charge >= 0.3 is 11.9 Å². The fraction of sp³-hybridized carbons (Fsp3) is 0.484. The summed E-state index contributed by atoms with van der Waals surface area (Å²) in [6.07, 6.45) is 11.1. The van der Waals surface area contributed by atoms with Gasteiger partial charge in [-0.2, -0.15) is 0 Å². The average molecular weight is 477 g/mol. The van der Waals surface area contributed by atoms with Crippen molar-refractivity contribution in [3.8, 4) is 11.1 Å². The third-order valence-corrected chi connectivity index (χ3v) is 7.51. The summed E-state index contributed by atoms with van der Waals surface area (Å²) in [7, 11) is 1.38. The number of hydrogen-bond acceptors (Lipinski definition) is 4. The second kappa shape index (κ2) is 12.7. The number of hydrogen-bond donors (Lipinski definition) is 0. The lowest BCUT2D eigenvalue weighted by atomic mass is 9.77. The van der Waals surface area contributed by atoms with Crippen molar-refractivity contribution in [2.75, 3.05) is 13.7 Å². The molecule has 0 radical (unpaired) electrons. The van der Waals surface area contributed by atoms with E-state index in [-0.39, 0.29) is 17.4 Å². The molecule has 0 heterocycles. The summed E-state index contributed by atoms with van der Waals surface area (Å²) in [6.45, 7) is 6.48. The van der Waals surface area contributed by atoms with Crippen LogP contribution < -0.4 is 0 Å². The highest BCUT2D eigenvalue weighted by Crippen LogP contribution is 2.38. The maximum atomic E-state index is 12.1. The van der Waals surface area contributed by atoms with Gasteiger partial charge < -0.3 is 9.47 Å². The number of carbonyl (C=O) groups is 2. The minimum atomic E-state index is -0.375. The zero-order valence-electron chi connectivity index (χ0n) is 21.7. The third-order valence-electron chi connectivity index (χ3n) is 7.51. The summed E-state index contributed by atoms with van der Waals surface area (Å²) in [5.74, 6) is 0.957. The van der Waals surface area contributed by atoms with Crippen LogP contribution in [0.5, 0.6) is 0 Å². The molecule has 0 aliphatic heterocycles. The molecule has 0 saturated heterocycles. The quantitative estimate of drug-likeness (QED) is 0.201. The van der Waals surface area contributed by atoms with E-state index in [2.05, 4.69) is 41.1 Å². The number of benzene rings is 2. The zero-order chi connectivity index (χ0) is 25.3. The van der Waals surface area contributed by atoms with E-state index in [1.54, 1.807) is 6.08 Å². The first-order chi connectivity index (χ1) is 16.8. The minimum Gasteiger partial charge on any atom is -0.466 e. The van der Waals surface area contributed by atoms with Crippen LogP contribution in [0.1, 0.15) is 82.8 Å². The lowest BCUT2D eigenvalue weighted by Crippen LogP contribution is -2.26. The Balaban J connectivity index is 1.43. The van der Waals surface area contributed by atoms with Crippen molar-refractivity contribution in [1.82, 2.24) is 0 Å². The first-order valence-electron chi connectivity index (χ1n) is 13.0. The van der Waals surface area contributed by atoms with Crippen LogP contribution in [0.25, 0.3) is 17.2 Å². The maximum absolute atomic E-state index is 12.1. The van der Waals surface area contributed by atoms with Gasteiger partial charge in [-0.15, -0.1) is 0 Å². The van der Waals surface area contributed by atoms with Crippen LogP contribution in [0.2, 0.25) is 0 Å². The largest absolute Gasteiger partial charge is 0.466 e. The van der Waals surface area contributed by atoms with Crippen LogP contribution in [0, 0.1) is 11.3 Å². The molecule has 1 saturated carbocycles. The summed E-state index contributed by atoms with van der Waals surface area (Å²) in [6, 6.07) is 17.2. The van der Waals surface area contributed by atoms with E-state index in [0.29, 0.717) is 12.5 Å². The van der Waals surface area contributed by atoms with Crippen molar-refractivity contribution in [1.29, 1.82) is 0 Å². The molecule has 1 aliphatic carbocycles. The van der Waals surface area contributed by atoms with Gasteiger partial charge in [-0.05, 0) is 99.0 Å². The van der Waals surface area contributed by atoms with Gasteiger partial charge in [0.05, 0.1) is 19.1 Å². The maximum Gasteiger partial charge on any atom is 0.330 e. The van der Waals surface area contributed by atoms with Gasteiger partial charge in [-0.1, -0.05) is 55.5 Å². The molecule has 2 aromatic rings. The SMILES string of the molecule is CCC(C)(C)C(=O)OCCCC1CCC(c2ccc(-c3ccc(/C=C/C(=O)OC)cc3)cc2)CC1. The Labute approximate surface area is 210 Å². The van der Waals surface area contributed by atoms with Crippen LogP contribution in [0.15, 0.2) is 54.6 Å². The molecule has 3 rings (SSSR count). The molecule has 0 aromatic heterocycles. The van der Waals surface area contributed by atoms with Crippen molar-refractivity contribution >= 4 is 18.0 Å². The van der Waals surface area contributed by atoms with Gasteiger partial charge in [0, 0.05) is 6.08 Å². The molecular formula is C31H40O4. The topological polar surface area (TPSA) is 52.6 Å². The lowest BCUT2D eigenvalue weighted by Gasteiger charge is -2.29. The minimum absolute atomic E-state index is 0.0708. The van der Waals surface area contributed by atoms with Gasteiger partial charge in [0.2, 0.25) is 0 Å². The first-order valence-corrected chi connectivity index (χ1v) is 13.0. The van der Waals surface area contributed by atoms with E-state index in [1.807, 2.05) is 32.9 Å². The molecule has 1 fully saturated rings. The van der Waals surface area contributed by atoms with Gasteiger partial charge in [0.15, 0.2) is 0 Å². The Morgan fingerprint density at radius 2 is 1.54 bits per heavy atom. The predicted molar refractivity (Wildman–Crippen MR) is 142 cm³/mol. The molecule has 0 unspecified atom stereocenters. The normalized spacial score (nSPS) is 18.4. The van der Waals surface area contributed by atoms with Crippen LogP contribution in [-0.2, 0) is 19.1 Å². The van der Waals surface area contributed by atoms with Crippen LogP contribution in [-0.4, -0.2) is 25.7 Å². The van der Waals surface area contributed by atoms with Crippen molar-refractivity contribution in [3.05, 3.63) is 65.7 Å². The van der Waals surface area contributed by atoms with Gasteiger partial charge in [0.1, 0.15) is 0 Å². The van der Waals surface area contributed by atoms with Crippen molar-refractivity contribution in [2.24, 2.45) is 11.3 Å². The van der Waals surface area contributed by atoms with Gasteiger partial charge in [0.25, 0.3) is 0 Å². The molecule has 0 N–H and O–H groups in total. The lowest BCUT2D eigenvalue weighted by molar-refractivity contribution is -0.154. The second-order valence-corrected chi connectivity index (χ2v) is 10.3. The summed E-state index contributed by atoms with van der Waals surface area (Å²) >= 11 is 0. The Morgan fingerprint density at radius 1 is 0.943 bits per heavy atom. The Kier molecular flexibility index (Phi) is 9.71. The molecule has 0 bridgehead atoms. The van der Waals surface area contributed by atoms with E-state index in [9.17, 15) is 9.59 Å². The fourth-order valence-electron chi connectivity index (χ4n) is 4.63. The summed E-state index contributed by atoms with van der Waals surface area (Å²) in [5.41, 5.74) is 4.39. The van der Waals surface area contributed by atoms with Crippen LogP contribution >= 0.6 is 0 Å². The van der Waals surface area contributed by atoms with Crippen molar-refractivity contribution in [2.45, 2.75) is 71.6 Å². The van der Waals surface area contributed by atoms with E-state index in [4.69, 9.17) is 4.74 Å². The fourth-order valence-corrected chi connectivity index (χ4v) is 4.63. The number of methoxy groups -OCH3 is 1. The third kappa shape index (κ3) is 7.81. The molecule has 4 heteroatoms. The molecule has 188 valence electrons. The smallest absolute Gasteiger partial charge is 0.330 e. The molecule has 1 aliphatic rings. The molecule has 35 heavy (non-hydrogen) atoms. The highest BCUT2D eigenvalue weighted by atomic mass is 16.5. The number of ether oxygens (including phenoxy) is 2. The first kappa shape index (κ1) is 26.7. The van der Waals surface area contributed by atoms with Crippen LogP contribution in [0.3, 0.4) is 0 Å². The zero-order valence-corrected chi connectivity index (χ0v) is 21.7. The molecule has 0 atom stereocenters. The Morgan fingerprint density at radius 3 is 2.11 bits per heavy atom. The number of carbonyl (C=O) groups excluding carboxylic acids is 2. The van der Waals surface area contributed by atoms with Gasteiger partial charge in [-0.3, -0.25) is 4.79 Å². The van der Waals surface area contributed by atoms with Crippen LogP contribution in [0.4, 0.5) is 0 Å². The van der Waals surface area contributed by atoms with E-state index < -0.39 is 0 Å². The van der Waals surface area contributed by atoms with E-state index in [0.717, 1.165) is 30.7 Å². The standard InChI is InChI=1S/C31H40O4/c1-5-31(2,3)30(33)35-22-6-7-23-8-13-25(14-9-23)27-17-19-28(20-18-27)26-15-10-24(11-16-26)12-21-29(32)34-4/h10-12,15-21,23,25H,5-9,13-14,22H2,1-4H3/b21-12+. The highest BCUT2D eigenvalue weighted by molar-refractivity contribution is 5.87. The Bertz CT molecular complexity index is 978. The van der Waals surface area contributed by atoms with Gasteiger partial charge in [-0.25, -0.2) is 4.79 Å². The Hall–Kier alpha value is -2.88. The molecule has 0 spiro atoms. The molecule has 4 nitrogen and oxygen atoms in total. The number of rotatable bonds is 10. The van der Waals surface area contributed by atoms with Crippen molar-refractivity contribution < 1.29 is 19.1 Å². The number of esters is 2. The molecule has 2 aromatic carbocycles. The molecule has 0 amide bonds. The summed E-state index contributed by atoms with van der Waals surface area (Å²) < 4.78 is 10.1. The van der Waals surface area contributed by atoms with E-state index in [1.165, 1.54) is 55.6 Å². The summed E-state index contributed by atoms with van der Waals surface area (Å²) in [4.78, 5) is 23.3. The second-order valence-electron chi connectivity index (χ2n) is 10.3. The van der Waals surface area contributed by atoms with Crippen molar-refractivity contribution in [3.63, 3.8) is 0 Å². The molecular weight excluding hydrogens is 436 g/mol. The highest BCUT2D eigenvalue weighted by Gasteiger charge is 2.27. The predicted octanol–water partition coefficient (Wildman–Crippen LogP) is 7.57.